The van der Waals surface area contributed by atoms with Crippen molar-refractivity contribution in [3.05, 3.63) is 53.6 Å². The van der Waals surface area contributed by atoms with Gasteiger partial charge in [0.15, 0.2) is 16.6 Å². The average molecular weight is 356 g/mol. The summed E-state index contributed by atoms with van der Waals surface area (Å²) in [4.78, 5) is 2.27. The van der Waals surface area contributed by atoms with Crippen molar-refractivity contribution in [3.63, 3.8) is 0 Å². The zero-order valence-electron chi connectivity index (χ0n) is 14.9. The van der Waals surface area contributed by atoms with Gasteiger partial charge in [0, 0.05) is 12.2 Å². The van der Waals surface area contributed by atoms with Gasteiger partial charge in [-0.1, -0.05) is 24.3 Å². The fourth-order valence-electron chi connectivity index (χ4n) is 3.32. The van der Waals surface area contributed by atoms with Crippen molar-refractivity contribution in [1.82, 2.24) is 4.90 Å². The van der Waals surface area contributed by atoms with E-state index >= 15 is 0 Å². The smallest absolute Gasteiger partial charge is 0.173 e. The maximum absolute atomic E-state index is 5.70. The van der Waals surface area contributed by atoms with Crippen molar-refractivity contribution in [3.8, 4) is 11.5 Å². The molecule has 0 bridgehead atoms. The number of anilines is 1. The Morgan fingerprint density at radius 3 is 2.60 bits per heavy atom. The number of ether oxygens (including phenoxy) is 2. The summed E-state index contributed by atoms with van der Waals surface area (Å²) in [6, 6.07) is 14.6. The summed E-state index contributed by atoms with van der Waals surface area (Å²) in [6.07, 6.45) is 2.19. The van der Waals surface area contributed by atoms with Crippen LogP contribution in [0.2, 0.25) is 0 Å². The molecular weight excluding hydrogens is 332 g/mol. The molecule has 1 atom stereocenters. The molecule has 0 radical (unpaired) electrons. The van der Waals surface area contributed by atoms with E-state index in [4.69, 9.17) is 21.7 Å². The highest BCUT2D eigenvalue weighted by Crippen LogP contribution is 2.37. The lowest BCUT2D eigenvalue weighted by molar-refractivity contribution is 0.351. The second kappa shape index (κ2) is 7.74. The first kappa shape index (κ1) is 17.5. The number of benzene rings is 2. The molecule has 3 rings (SSSR count). The minimum atomic E-state index is 0.254. The number of nitrogens with zero attached hydrogens (tertiary/aromatic N) is 1. The highest BCUT2D eigenvalue weighted by molar-refractivity contribution is 7.80. The van der Waals surface area contributed by atoms with Gasteiger partial charge in [-0.25, -0.2) is 0 Å². The number of aryl methyl sites for hydroxylation is 1. The van der Waals surface area contributed by atoms with Gasteiger partial charge in [0.2, 0.25) is 0 Å². The number of nitrogens with one attached hydrogen (secondary N) is 1. The fraction of sp³-hybridized carbons (Fsp3) is 0.350. The number of methoxy groups -OCH3 is 2. The number of hydrogen-bond donors (Lipinski definition) is 1. The van der Waals surface area contributed by atoms with E-state index in [-0.39, 0.29) is 6.04 Å². The van der Waals surface area contributed by atoms with E-state index in [9.17, 15) is 0 Å². The summed E-state index contributed by atoms with van der Waals surface area (Å²) in [5.41, 5.74) is 3.45. The molecule has 0 aliphatic carbocycles. The normalized spacial score (nSPS) is 16.6. The second-order valence-electron chi connectivity index (χ2n) is 6.21. The van der Waals surface area contributed by atoms with Gasteiger partial charge < -0.3 is 19.7 Å². The molecule has 0 saturated carbocycles. The van der Waals surface area contributed by atoms with Crippen molar-refractivity contribution in [2.75, 3.05) is 26.1 Å². The van der Waals surface area contributed by atoms with Crippen LogP contribution in [0.5, 0.6) is 11.5 Å². The minimum absolute atomic E-state index is 0.254. The van der Waals surface area contributed by atoms with Crippen molar-refractivity contribution in [2.45, 2.75) is 25.8 Å². The summed E-state index contributed by atoms with van der Waals surface area (Å²) >= 11 is 5.70. The molecule has 0 amide bonds. The SMILES string of the molecule is COc1ccc([C@H]2CCCN2C(=S)Nc2ccccc2C)cc1OC. The molecule has 1 fully saturated rings. The summed E-state index contributed by atoms with van der Waals surface area (Å²) < 4.78 is 10.8. The molecule has 1 aliphatic rings. The van der Waals surface area contributed by atoms with Crippen LogP contribution >= 0.6 is 12.2 Å². The van der Waals surface area contributed by atoms with Gasteiger partial charge in [0.1, 0.15) is 0 Å². The number of rotatable bonds is 4. The lowest BCUT2D eigenvalue weighted by atomic mass is 10.0. The van der Waals surface area contributed by atoms with Crippen LogP contribution in [0.25, 0.3) is 0 Å². The molecule has 0 spiro atoms. The molecular formula is C20H24N2O2S. The Morgan fingerprint density at radius 2 is 1.88 bits per heavy atom. The third kappa shape index (κ3) is 3.71. The zero-order chi connectivity index (χ0) is 17.8. The quantitative estimate of drug-likeness (QED) is 0.813. The van der Waals surface area contributed by atoms with Crippen LogP contribution in [0.3, 0.4) is 0 Å². The molecule has 0 unspecified atom stereocenters. The van der Waals surface area contributed by atoms with Gasteiger partial charge in [-0.05, 0) is 61.3 Å². The van der Waals surface area contributed by atoms with E-state index in [0.717, 1.165) is 41.7 Å². The van der Waals surface area contributed by atoms with Gasteiger partial charge in [-0.15, -0.1) is 0 Å². The van der Waals surface area contributed by atoms with Crippen molar-refractivity contribution in [2.24, 2.45) is 0 Å². The molecule has 1 saturated heterocycles. The van der Waals surface area contributed by atoms with Gasteiger partial charge >= 0.3 is 0 Å². The maximum atomic E-state index is 5.70. The molecule has 2 aromatic carbocycles. The minimum Gasteiger partial charge on any atom is -0.493 e. The topological polar surface area (TPSA) is 33.7 Å². The Bertz CT molecular complexity index is 763. The van der Waals surface area contributed by atoms with E-state index in [1.165, 1.54) is 11.1 Å². The standard InChI is InChI=1S/C20H24N2O2S/c1-14-7-4-5-8-16(14)21-20(25)22-12-6-9-17(22)15-10-11-18(23-2)19(13-15)24-3/h4-5,7-8,10-11,13,17H,6,9,12H2,1-3H3,(H,21,25)/t17-/m1/s1. The summed E-state index contributed by atoms with van der Waals surface area (Å²) in [5.74, 6) is 1.50. The molecule has 1 aliphatic heterocycles. The summed E-state index contributed by atoms with van der Waals surface area (Å²) in [5, 5.41) is 4.17. The van der Waals surface area contributed by atoms with E-state index in [1.807, 2.05) is 18.2 Å². The third-order valence-electron chi connectivity index (χ3n) is 4.69. The highest BCUT2D eigenvalue weighted by atomic mass is 32.1. The van der Waals surface area contributed by atoms with E-state index in [0.29, 0.717) is 0 Å². The van der Waals surface area contributed by atoms with Crippen LogP contribution < -0.4 is 14.8 Å². The van der Waals surface area contributed by atoms with Gasteiger partial charge in [-0.3, -0.25) is 0 Å². The molecule has 4 nitrogen and oxygen atoms in total. The molecule has 132 valence electrons. The molecule has 0 aromatic heterocycles. The van der Waals surface area contributed by atoms with Gasteiger partial charge in [-0.2, -0.15) is 0 Å². The fourth-order valence-corrected chi connectivity index (χ4v) is 3.65. The van der Waals surface area contributed by atoms with Crippen molar-refractivity contribution >= 4 is 23.0 Å². The number of para-hydroxylation sites is 1. The Hall–Kier alpha value is -2.27. The zero-order valence-corrected chi connectivity index (χ0v) is 15.7. The van der Waals surface area contributed by atoms with Crippen molar-refractivity contribution in [1.29, 1.82) is 0 Å². The number of likely N-dealkylation sites (tertiary alicyclic amines) is 1. The molecule has 1 N–H and O–H groups in total. The predicted molar refractivity (Wildman–Crippen MR) is 106 cm³/mol. The average Bonchev–Trinajstić information content (AvgIpc) is 3.13. The first-order chi connectivity index (χ1) is 12.1. The van der Waals surface area contributed by atoms with E-state index in [1.54, 1.807) is 14.2 Å². The van der Waals surface area contributed by atoms with Crippen LogP contribution in [0.15, 0.2) is 42.5 Å². The third-order valence-corrected chi connectivity index (χ3v) is 5.03. The largest absolute Gasteiger partial charge is 0.493 e. The Morgan fingerprint density at radius 1 is 1.12 bits per heavy atom. The predicted octanol–water partition coefficient (Wildman–Crippen LogP) is 4.55. The molecule has 2 aromatic rings. The lowest BCUT2D eigenvalue weighted by Crippen LogP contribution is -2.34. The monoisotopic (exact) mass is 356 g/mol. The first-order valence-corrected chi connectivity index (χ1v) is 8.90. The van der Waals surface area contributed by atoms with Crippen LogP contribution in [0, 0.1) is 6.92 Å². The van der Waals surface area contributed by atoms with Gasteiger partial charge in [0.05, 0.1) is 20.3 Å². The first-order valence-electron chi connectivity index (χ1n) is 8.49. The van der Waals surface area contributed by atoms with Crippen LogP contribution in [-0.2, 0) is 0 Å². The Balaban J connectivity index is 1.80. The second-order valence-corrected chi connectivity index (χ2v) is 6.60. The van der Waals surface area contributed by atoms with Crippen LogP contribution in [-0.4, -0.2) is 30.8 Å². The summed E-state index contributed by atoms with van der Waals surface area (Å²) in [6.45, 7) is 3.04. The molecule has 25 heavy (non-hydrogen) atoms. The van der Waals surface area contributed by atoms with Crippen molar-refractivity contribution < 1.29 is 9.47 Å². The van der Waals surface area contributed by atoms with E-state index < -0.39 is 0 Å². The number of hydrogen-bond acceptors (Lipinski definition) is 3. The highest BCUT2D eigenvalue weighted by Gasteiger charge is 2.28. The Kier molecular flexibility index (Phi) is 5.43. The maximum Gasteiger partial charge on any atom is 0.173 e. The van der Waals surface area contributed by atoms with E-state index in [2.05, 4.69) is 41.4 Å². The number of thiocarbonyl (C=S) groups is 1. The van der Waals surface area contributed by atoms with Gasteiger partial charge in [0.25, 0.3) is 0 Å². The molecule has 5 heteroatoms. The van der Waals surface area contributed by atoms with Crippen LogP contribution in [0.4, 0.5) is 5.69 Å². The lowest BCUT2D eigenvalue weighted by Gasteiger charge is -2.28. The molecule has 1 heterocycles. The summed E-state index contributed by atoms with van der Waals surface area (Å²) in [7, 11) is 3.32. The Labute approximate surface area is 154 Å². The van der Waals surface area contributed by atoms with Crippen LogP contribution in [0.1, 0.15) is 30.0 Å².